The first kappa shape index (κ1) is 8.16. The molecule has 11 heavy (non-hydrogen) atoms. The Morgan fingerprint density at radius 2 is 2.27 bits per heavy atom. The minimum absolute atomic E-state index is 0.545. The first-order valence-electron chi connectivity index (χ1n) is 3.68. The lowest BCUT2D eigenvalue weighted by molar-refractivity contribution is 0.543. The number of hydrogen-bond donors (Lipinski definition) is 4. The van der Waals surface area contributed by atoms with E-state index >= 15 is 0 Å². The molecular formula is C6H15N5. The fraction of sp³-hybridized carbons (Fsp3) is 0.667. The molecule has 6 N–H and O–H groups in total. The van der Waals surface area contributed by atoms with Crippen LogP contribution < -0.4 is 16.8 Å². The molecular weight excluding hydrogens is 142 g/mol. The Morgan fingerprint density at radius 3 is 2.73 bits per heavy atom. The first-order chi connectivity index (χ1) is 5.33. The van der Waals surface area contributed by atoms with Crippen LogP contribution >= 0.6 is 0 Å². The molecule has 0 atom stereocenters. The second kappa shape index (κ2) is 3.45. The lowest BCUT2D eigenvalue weighted by Crippen LogP contribution is -2.25. The molecule has 0 aliphatic carbocycles. The van der Waals surface area contributed by atoms with Crippen LogP contribution in [-0.2, 0) is 13.1 Å². The fourth-order valence-corrected chi connectivity index (χ4v) is 1.08. The zero-order chi connectivity index (χ0) is 8.27. The van der Waals surface area contributed by atoms with Gasteiger partial charge in [-0.1, -0.05) is 0 Å². The molecule has 1 rings (SSSR count). The largest absolute Gasteiger partial charge is 0.372 e. The number of rotatable bonds is 4. The van der Waals surface area contributed by atoms with E-state index in [9.17, 15) is 0 Å². The molecule has 0 aliphatic heterocycles. The van der Waals surface area contributed by atoms with Gasteiger partial charge in [-0.2, -0.15) is 0 Å². The van der Waals surface area contributed by atoms with Crippen molar-refractivity contribution in [2.24, 2.45) is 11.5 Å². The normalized spacial score (nSPS) is 10.5. The summed E-state index contributed by atoms with van der Waals surface area (Å²) >= 11 is 0. The van der Waals surface area contributed by atoms with Gasteiger partial charge in [-0.25, -0.2) is 0 Å². The Bertz CT molecular complexity index is 211. The van der Waals surface area contributed by atoms with Gasteiger partial charge in [-0.15, -0.1) is 0 Å². The Morgan fingerprint density at radius 1 is 1.55 bits per heavy atom. The van der Waals surface area contributed by atoms with Crippen molar-refractivity contribution in [3.63, 3.8) is 0 Å². The minimum atomic E-state index is 0.545. The van der Waals surface area contributed by atoms with E-state index in [1.807, 2.05) is 11.7 Å². The number of aromatic amines is 1. The third-order valence-electron chi connectivity index (χ3n) is 1.66. The summed E-state index contributed by atoms with van der Waals surface area (Å²) in [4.78, 5) is 0. The molecule has 0 amide bonds. The summed E-state index contributed by atoms with van der Waals surface area (Å²) < 4.78 is 1.95. The standard InChI is InChI=1S/C6H15N5/c1-9-6-5(4-8)11(10-6)3-2-7/h9-10H,2-4,7-8H2,1H3. The van der Waals surface area contributed by atoms with Gasteiger partial charge in [0.2, 0.25) is 0 Å². The van der Waals surface area contributed by atoms with E-state index in [0.29, 0.717) is 13.1 Å². The zero-order valence-electron chi connectivity index (χ0n) is 6.72. The quantitative estimate of drug-likeness (QED) is 0.465. The van der Waals surface area contributed by atoms with Crippen LogP contribution in [0.2, 0.25) is 0 Å². The molecule has 0 aliphatic rings. The summed E-state index contributed by atoms with van der Waals surface area (Å²) in [6.07, 6.45) is 0. The van der Waals surface area contributed by atoms with Gasteiger partial charge < -0.3 is 16.8 Å². The van der Waals surface area contributed by atoms with Crippen molar-refractivity contribution < 1.29 is 0 Å². The van der Waals surface area contributed by atoms with E-state index in [0.717, 1.165) is 18.1 Å². The smallest absolute Gasteiger partial charge is 0.140 e. The SMILES string of the molecule is CNc1[nH]n(CCN)c1CN. The molecule has 0 saturated heterocycles. The van der Waals surface area contributed by atoms with Gasteiger partial charge in [-0.05, 0) is 0 Å². The van der Waals surface area contributed by atoms with Gasteiger partial charge in [0.25, 0.3) is 0 Å². The number of nitrogens with zero attached hydrogens (tertiary/aromatic N) is 1. The van der Waals surface area contributed by atoms with Crippen molar-refractivity contribution in [3.05, 3.63) is 5.69 Å². The summed E-state index contributed by atoms with van der Waals surface area (Å²) in [7, 11) is 1.86. The van der Waals surface area contributed by atoms with Gasteiger partial charge in [0.05, 0.1) is 12.2 Å². The third kappa shape index (κ3) is 1.38. The average molecular weight is 157 g/mol. The van der Waals surface area contributed by atoms with Crippen molar-refractivity contribution in [2.75, 3.05) is 18.9 Å². The lowest BCUT2D eigenvalue weighted by Gasteiger charge is -2.21. The van der Waals surface area contributed by atoms with Gasteiger partial charge in [0, 0.05) is 20.1 Å². The molecule has 1 heterocycles. The minimum Gasteiger partial charge on any atom is -0.372 e. The second-order valence-corrected chi connectivity index (χ2v) is 2.33. The summed E-state index contributed by atoms with van der Waals surface area (Å²) in [5.74, 6) is 1.00. The molecule has 64 valence electrons. The molecule has 0 saturated carbocycles. The number of nitrogens with one attached hydrogen (secondary N) is 2. The van der Waals surface area contributed by atoms with Crippen LogP contribution in [0.15, 0.2) is 0 Å². The van der Waals surface area contributed by atoms with Crippen LogP contribution in [0.1, 0.15) is 5.69 Å². The van der Waals surface area contributed by atoms with E-state index in [1.165, 1.54) is 0 Å². The molecule has 0 fully saturated rings. The van der Waals surface area contributed by atoms with E-state index in [-0.39, 0.29) is 0 Å². The molecule has 0 radical (unpaired) electrons. The predicted molar refractivity (Wildman–Crippen MR) is 45.3 cm³/mol. The molecule has 0 bridgehead atoms. The molecule has 0 unspecified atom stereocenters. The topological polar surface area (TPSA) is 84.8 Å². The van der Waals surface area contributed by atoms with Crippen LogP contribution in [0, 0.1) is 0 Å². The number of anilines is 1. The predicted octanol–water partition coefficient (Wildman–Crippen LogP) is -0.725. The summed E-state index contributed by atoms with van der Waals surface area (Å²) in [6.45, 7) is 1.98. The highest BCUT2D eigenvalue weighted by molar-refractivity contribution is 5.41. The Balaban J connectivity index is 2.63. The molecule has 5 heteroatoms. The Hall–Kier alpha value is -0.940. The van der Waals surface area contributed by atoms with E-state index in [4.69, 9.17) is 11.5 Å². The van der Waals surface area contributed by atoms with Crippen LogP contribution in [0.25, 0.3) is 0 Å². The van der Waals surface area contributed by atoms with Crippen molar-refractivity contribution in [2.45, 2.75) is 13.1 Å². The second-order valence-electron chi connectivity index (χ2n) is 2.33. The van der Waals surface area contributed by atoms with E-state index in [2.05, 4.69) is 10.4 Å². The molecule has 1 aromatic heterocycles. The number of H-pyrrole nitrogens is 1. The highest BCUT2D eigenvalue weighted by atomic mass is 15.4. The first-order valence-corrected chi connectivity index (χ1v) is 3.68. The number of aromatic nitrogens is 2. The van der Waals surface area contributed by atoms with E-state index in [1.54, 1.807) is 0 Å². The maximum absolute atomic E-state index is 5.50. The summed E-state index contributed by atoms with van der Waals surface area (Å²) in [5, 5.41) is 6.07. The Kier molecular flexibility index (Phi) is 2.56. The van der Waals surface area contributed by atoms with Crippen molar-refractivity contribution in [1.82, 2.24) is 9.78 Å². The lowest BCUT2D eigenvalue weighted by atomic mass is 10.3. The van der Waals surface area contributed by atoms with Gasteiger partial charge in [0.1, 0.15) is 5.82 Å². The van der Waals surface area contributed by atoms with Gasteiger partial charge in [0.15, 0.2) is 0 Å². The monoisotopic (exact) mass is 157 g/mol. The maximum Gasteiger partial charge on any atom is 0.140 e. The molecule has 0 spiro atoms. The summed E-state index contributed by atoms with van der Waals surface area (Å²) in [5.41, 5.74) is 12.0. The summed E-state index contributed by atoms with van der Waals surface area (Å²) in [6, 6.07) is 0. The van der Waals surface area contributed by atoms with Crippen molar-refractivity contribution >= 4 is 5.82 Å². The average Bonchev–Trinajstić information content (AvgIpc) is 1.98. The van der Waals surface area contributed by atoms with Crippen molar-refractivity contribution in [3.8, 4) is 0 Å². The maximum atomic E-state index is 5.50. The van der Waals surface area contributed by atoms with Crippen LogP contribution in [0.5, 0.6) is 0 Å². The fourth-order valence-electron chi connectivity index (χ4n) is 1.08. The van der Waals surface area contributed by atoms with Crippen LogP contribution in [-0.4, -0.2) is 23.4 Å². The molecule has 5 nitrogen and oxygen atoms in total. The zero-order valence-corrected chi connectivity index (χ0v) is 6.72. The number of hydrogen-bond acceptors (Lipinski definition) is 3. The van der Waals surface area contributed by atoms with Crippen LogP contribution in [0.3, 0.4) is 0 Å². The third-order valence-corrected chi connectivity index (χ3v) is 1.66. The van der Waals surface area contributed by atoms with Gasteiger partial charge in [-0.3, -0.25) is 9.78 Å². The van der Waals surface area contributed by atoms with Gasteiger partial charge >= 0.3 is 0 Å². The molecule has 1 aromatic rings. The molecule has 0 aromatic carbocycles. The highest BCUT2D eigenvalue weighted by Crippen LogP contribution is 2.13. The van der Waals surface area contributed by atoms with E-state index < -0.39 is 0 Å². The van der Waals surface area contributed by atoms with Crippen LogP contribution in [0.4, 0.5) is 5.82 Å². The van der Waals surface area contributed by atoms with Crippen molar-refractivity contribution in [1.29, 1.82) is 0 Å². The highest BCUT2D eigenvalue weighted by Gasteiger charge is 2.08. The number of nitrogens with two attached hydrogens (primary N) is 2. The Labute approximate surface area is 65.7 Å².